The fourth-order valence-electron chi connectivity index (χ4n) is 4.39. The number of rotatable bonds is 4. The number of hydrogen-bond donors (Lipinski definition) is 1. The van der Waals surface area contributed by atoms with Crippen LogP contribution >= 0.6 is 0 Å². The largest absolute Gasteiger partial charge is 0.475 e. The van der Waals surface area contributed by atoms with Crippen molar-refractivity contribution < 1.29 is 9.53 Å². The van der Waals surface area contributed by atoms with Crippen molar-refractivity contribution in [1.82, 2.24) is 15.1 Å². The van der Waals surface area contributed by atoms with Gasteiger partial charge in [-0.1, -0.05) is 11.6 Å². The normalized spacial score (nSPS) is 31.7. The van der Waals surface area contributed by atoms with Crippen LogP contribution < -0.4 is 10.1 Å². The van der Waals surface area contributed by atoms with E-state index < -0.39 is 0 Å². The van der Waals surface area contributed by atoms with Gasteiger partial charge in [0.25, 0.3) is 5.91 Å². The summed E-state index contributed by atoms with van der Waals surface area (Å²) in [7, 11) is 1.80. The highest BCUT2D eigenvalue weighted by Crippen LogP contribution is 2.56. The van der Waals surface area contributed by atoms with E-state index in [-0.39, 0.29) is 12.0 Å². The number of aromatic nitrogens is 2. The molecule has 4 atom stereocenters. The molecule has 118 valence electrons. The van der Waals surface area contributed by atoms with Crippen molar-refractivity contribution in [3.05, 3.63) is 23.4 Å². The molecular weight excluding hydrogens is 278 g/mol. The zero-order valence-electron chi connectivity index (χ0n) is 13.4. The second-order valence-electron chi connectivity index (χ2n) is 7.13. The molecule has 4 bridgehead atoms. The molecule has 0 radical (unpaired) electrons. The Balaban J connectivity index is 1.53. The summed E-state index contributed by atoms with van der Waals surface area (Å²) in [6, 6.07) is 0.296. The molecule has 1 N–H and O–H groups in total. The van der Waals surface area contributed by atoms with Crippen LogP contribution in [0, 0.1) is 17.8 Å². The first-order valence-electron chi connectivity index (χ1n) is 8.24. The maximum absolute atomic E-state index is 12.7. The number of allylic oxidation sites excluding steroid dienone is 1. The van der Waals surface area contributed by atoms with E-state index in [0.29, 0.717) is 29.3 Å². The summed E-state index contributed by atoms with van der Waals surface area (Å²) in [6.07, 6.45) is 7.65. The van der Waals surface area contributed by atoms with Gasteiger partial charge in [0.2, 0.25) is 5.88 Å². The number of fused-ring (bicyclic) bond motifs is 1. The minimum absolute atomic E-state index is 0.0187. The molecule has 2 fully saturated rings. The lowest BCUT2D eigenvalue weighted by Gasteiger charge is -2.56. The quantitative estimate of drug-likeness (QED) is 0.868. The first-order valence-corrected chi connectivity index (χ1v) is 8.24. The van der Waals surface area contributed by atoms with Crippen molar-refractivity contribution in [3.8, 4) is 5.88 Å². The molecule has 4 unspecified atom stereocenters. The van der Waals surface area contributed by atoms with Gasteiger partial charge in [-0.15, -0.1) is 0 Å². The molecule has 5 nitrogen and oxygen atoms in total. The molecule has 1 aromatic rings. The lowest BCUT2D eigenvalue weighted by molar-refractivity contribution is 0.0623. The van der Waals surface area contributed by atoms with Crippen LogP contribution in [0.4, 0.5) is 0 Å². The van der Waals surface area contributed by atoms with Crippen molar-refractivity contribution in [3.63, 3.8) is 0 Å². The van der Waals surface area contributed by atoms with E-state index in [1.54, 1.807) is 23.5 Å². The van der Waals surface area contributed by atoms with Crippen LogP contribution in [0.2, 0.25) is 0 Å². The first kappa shape index (κ1) is 13.9. The summed E-state index contributed by atoms with van der Waals surface area (Å²) in [6.45, 7) is 3.91. The summed E-state index contributed by atoms with van der Waals surface area (Å²) in [5.41, 5.74) is 2.14. The Hall–Kier alpha value is -1.78. The van der Waals surface area contributed by atoms with Gasteiger partial charge in [-0.05, 0) is 44.9 Å². The topological polar surface area (TPSA) is 56.1 Å². The molecule has 5 heteroatoms. The molecule has 1 aromatic heterocycles. The van der Waals surface area contributed by atoms with Crippen LogP contribution in [-0.2, 0) is 7.05 Å². The monoisotopic (exact) mass is 301 g/mol. The fraction of sp³-hybridized carbons (Fsp3) is 0.647. The van der Waals surface area contributed by atoms with Crippen LogP contribution in [-0.4, -0.2) is 27.8 Å². The highest BCUT2D eigenvalue weighted by atomic mass is 16.5. The molecule has 0 aromatic carbocycles. The Morgan fingerprint density at radius 3 is 2.91 bits per heavy atom. The third kappa shape index (κ3) is 1.98. The number of ether oxygens (including phenoxy) is 1. The van der Waals surface area contributed by atoms with Crippen LogP contribution in [0.3, 0.4) is 0 Å². The van der Waals surface area contributed by atoms with Crippen molar-refractivity contribution in [2.45, 2.75) is 45.3 Å². The number of nitrogens with one attached hydrogen (secondary N) is 1. The molecule has 0 aliphatic heterocycles. The Bertz CT molecular complexity index is 646. The van der Waals surface area contributed by atoms with E-state index in [1.165, 1.54) is 12.8 Å². The van der Waals surface area contributed by atoms with Crippen LogP contribution in [0.5, 0.6) is 5.88 Å². The summed E-state index contributed by atoms with van der Waals surface area (Å²) in [5, 5.41) is 7.45. The molecule has 1 amide bonds. The number of carbonyl (C=O) groups excluding carboxylic acids is 1. The Morgan fingerprint density at radius 2 is 2.27 bits per heavy atom. The average molecular weight is 301 g/mol. The van der Waals surface area contributed by atoms with Gasteiger partial charge < -0.3 is 10.1 Å². The Kier molecular flexibility index (Phi) is 3.06. The highest BCUT2D eigenvalue weighted by molar-refractivity contribution is 5.96. The van der Waals surface area contributed by atoms with Gasteiger partial charge in [0.05, 0.1) is 12.3 Å². The van der Waals surface area contributed by atoms with Gasteiger partial charge in [0, 0.05) is 19.0 Å². The van der Waals surface area contributed by atoms with Gasteiger partial charge in [-0.2, -0.15) is 5.10 Å². The lowest BCUT2D eigenvalue weighted by Crippen LogP contribution is -2.58. The van der Waals surface area contributed by atoms with Crippen molar-refractivity contribution in [2.24, 2.45) is 24.8 Å². The van der Waals surface area contributed by atoms with E-state index in [1.807, 2.05) is 13.8 Å². The van der Waals surface area contributed by atoms with E-state index >= 15 is 0 Å². The second kappa shape index (κ2) is 4.86. The molecule has 0 spiro atoms. The zero-order chi connectivity index (χ0) is 15.4. The van der Waals surface area contributed by atoms with E-state index in [2.05, 4.69) is 16.5 Å². The van der Waals surface area contributed by atoms with Gasteiger partial charge in [-0.25, -0.2) is 4.68 Å². The Morgan fingerprint density at radius 1 is 1.45 bits per heavy atom. The third-order valence-corrected chi connectivity index (χ3v) is 5.40. The van der Waals surface area contributed by atoms with Gasteiger partial charge >= 0.3 is 0 Å². The van der Waals surface area contributed by atoms with Gasteiger partial charge in [0.1, 0.15) is 5.56 Å². The number of nitrogens with zero attached hydrogens (tertiary/aromatic N) is 2. The summed E-state index contributed by atoms with van der Waals surface area (Å²) < 4.78 is 7.38. The van der Waals surface area contributed by atoms with Gasteiger partial charge in [0.15, 0.2) is 0 Å². The predicted octanol–water partition coefficient (Wildman–Crippen LogP) is 2.29. The number of amides is 1. The fourth-order valence-corrected chi connectivity index (χ4v) is 4.39. The molecule has 4 aliphatic rings. The van der Waals surface area contributed by atoms with E-state index in [4.69, 9.17) is 4.74 Å². The number of hydrogen-bond acceptors (Lipinski definition) is 3. The smallest absolute Gasteiger partial charge is 0.258 e. The molecule has 4 aliphatic carbocycles. The number of carbonyl (C=O) groups is 1. The molecule has 2 saturated carbocycles. The van der Waals surface area contributed by atoms with E-state index in [0.717, 1.165) is 12.3 Å². The zero-order valence-corrected chi connectivity index (χ0v) is 13.4. The van der Waals surface area contributed by atoms with Crippen LogP contribution in [0.25, 0.3) is 0 Å². The van der Waals surface area contributed by atoms with Crippen LogP contribution in [0.15, 0.2) is 17.8 Å². The minimum atomic E-state index is -0.0506. The third-order valence-electron chi connectivity index (χ3n) is 5.40. The average Bonchev–Trinajstić information content (AvgIpc) is 2.80. The molecular formula is C17H23N3O2. The van der Waals surface area contributed by atoms with Crippen molar-refractivity contribution >= 4 is 5.91 Å². The lowest BCUT2D eigenvalue weighted by atomic mass is 9.51. The summed E-state index contributed by atoms with van der Waals surface area (Å²) in [5.74, 6) is 2.50. The predicted molar refractivity (Wildman–Crippen MR) is 82.6 cm³/mol. The van der Waals surface area contributed by atoms with Crippen molar-refractivity contribution in [2.75, 3.05) is 0 Å². The number of aryl methyl sites for hydroxylation is 1. The second-order valence-corrected chi connectivity index (χ2v) is 7.13. The molecule has 1 heterocycles. The van der Waals surface area contributed by atoms with Gasteiger partial charge in [-0.3, -0.25) is 4.79 Å². The maximum Gasteiger partial charge on any atom is 0.258 e. The molecule has 0 saturated heterocycles. The van der Waals surface area contributed by atoms with E-state index in [9.17, 15) is 4.79 Å². The molecule has 22 heavy (non-hydrogen) atoms. The van der Waals surface area contributed by atoms with Crippen molar-refractivity contribution in [1.29, 1.82) is 0 Å². The maximum atomic E-state index is 12.7. The first-order chi connectivity index (χ1) is 10.5. The minimum Gasteiger partial charge on any atom is -0.475 e. The summed E-state index contributed by atoms with van der Waals surface area (Å²) >= 11 is 0. The van der Waals surface area contributed by atoms with Crippen LogP contribution in [0.1, 0.15) is 43.5 Å². The SMILES string of the molecule is CC(C)Oc1c(C(=O)NC2C3CC=C4C(C3)CC42)cnn1C. The molecule has 5 rings (SSSR count). The summed E-state index contributed by atoms with van der Waals surface area (Å²) in [4.78, 5) is 12.7. The highest BCUT2D eigenvalue weighted by Gasteiger charge is 2.52. The standard InChI is InChI=1S/C17H23N3O2/c1-9(2)22-17-14(8-18-20(17)3)16(21)19-15-10-4-5-12-11(6-10)7-13(12)15/h5,8-11,13,15H,4,6-7H2,1-3H3,(H,19,21). The Labute approximate surface area is 130 Å².